The van der Waals surface area contributed by atoms with Crippen LogP contribution in [-0.4, -0.2) is 35.2 Å². The topological polar surface area (TPSA) is 111 Å². The minimum Gasteiger partial charge on any atom is -0.340 e. The first-order valence-electron chi connectivity index (χ1n) is 8.41. The van der Waals surface area contributed by atoms with Crippen LogP contribution >= 0.6 is 11.5 Å². The zero-order valence-corrected chi connectivity index (χ0v) is 15.9. The van der Waals surface area contributed by atoms with Gasteiger partial charge in [0.25, 0.3) is 5.91 Å². The van der Waals surface area contributed by atoms with E-state index in [2.05, 4.69) is 35.3 Å². The van der Waals surface area contributed by atoms with Gasteiger partial charge in [0.15, 0.2) is 5.82 Å². The molecule has 9 nitrogen and oxygen atoms in total. The van der Waals surface area contributed by atoms with E-state index in [9.17, 15) is 4.79 Å². The molecule has 0 saturated carbocycles. The van der Waals surface area contributed by atoms with Gasteiger partial charge in [-0.25, -0.2) is 14.6 Å². The maximum Gasteiger partial charge on any atom is 0.269 e. The molecule has 0 atom stereocenters. The molecule has 0 unspecified atom stereocenters. The molecule has 4 aromatic rings. The molecule has 0 fully saturated rings. The molecule has 1 amide bonds. The number of hydrogen-bond donors (Lipinski definition) is 2. The number of hydrogen-bond acceptors (Lipinski definition) is 8. The summed E-state index contributed by atoms with van der Waals surface area (Å²) in [6.07, 6.45) is 3.52. The predicted octanol–water partition coefficient (Wildman–Crippen LogP) is 3.13. The lowest BCUT2D eigenvalue weighted by molar-refractivity contribution is 0.103. The summed E-state index contributed by atoms with van der Waals surface area (Å²) in [5.74, 6) is 1.75. The Labute approximate surface area is 164 Å². The van der Waals surface area contributed by atoms with Gasteiger partial charge in [-0.2, -0.15) is 5.10 Å². The van der Waals surface area contributed by atoms with Crippen LogP contribution in [0.1, 0.15) is 21.2 Å². The van der Waals surface area contributed by atoms with E-state index in [0.717, 1.165) is 17.2 Å². The van der Waals surface area contributed by atoms with Crippen molar-refractivity contribution in [3.05, 3.63) is 65.2 Å². The highest BCUT2D eigenvalue weighted by molar-refractivity contribution is 7.08. The molecule has 0 saturated heterocycles. The van der Waals surface area contributed by atoms with E-state index in [4.69, 9.17) is 0 Å². The summed E-state index contributed by atoms with van der Waals surface area (Å²) in [6, 6.07) is 11.0. The number of amides is 1. The zero-order chi connectivity index (χ0) is 19.5. The van der Waals surface area contributed by atoms with Crippen molar-refractivity contribution < 1.29 is 4.79 Å². The first kappa shape index (κ1) is 17.7. The van der Waals surface area contributed by atoms with Gasteiger partial charge in [-0.15, -0.1) is 5.10 Å². The number of aryl methyl sites for hydroxylation is 2. The first-order chi connectivity index (χ1) is 13.6. The van der Waals surface area contributed by atoms with Crippen molar-refractivity contribution in [1.29, 1.82) is 0 Å². The molecule has 0 radical (unpaired) electrons. The van der Waals surface area contributed by atoms with E-state index < -0.39 is 0 Å². The second-order valence-corrected chi connectivity index (χ2v) is 6.71. The molecule has 0 spiro atoms. The lowest BCUT2D eigenvalue weighted by Gasteiger charge is -2.10. The lowest BCUT2D eigenvalue weighted by atomic mass is 10.2. The number of rotatable bonds is 5. The molecule has 10 heteroatoms. The Balaban J connectivity index is 1.48. The summed E-state index contributed by atoms with van der Waals surface area (Å²) in [4.78, 5) is 21.5. The summed E-state index contributed by atoms with van der Waals surface area (Å²) < 4.78 is 5.46. The Morgan fingerprint density at radius 3 is 2.57 bits per heavy atom. The zero-order valence-electron chi connectivity index (χ0n) is 15.1. The molecular weight excluding hydrogens is 376 g/mol. The van der Waals surface area contributed by atoms with Crippen LogP contribution in [0.3, 0.4) is 0 Å². The van der Waals surface area contributed by atoms with Crippen LogP contribution in [-0.2, 0) is 0 Å². The van der Waals surface area contributed by atoms with Gasteiger partial charge in [0.1, 0.15) is 16.5 Å². The van der Waals surface area contributed by atoms with E-state index in [1.54, 1.807) is 17.8 Å². The minimum absolute atomic E-state index is 0.219. The highest BCUT2D eigenvalue weighted by Gasteiger charge is 2.13. The quantitative estimate of drug-likeness (QED) is 0.537. The average Bonchev–Trinajstić information content (AvgIpc) is 3.34. The van der Waals surface area contributed by atoms with E-state index in [0.29, 0.717) is 33.7 Å². The standard InChI is InChI=1S/C18H16N8OS/c1-11-17(28-25-24-11)18(27)23-14-6-4-13(5-7-14)22-15-10-16(21-12(2)20-15)26-9-3-8-19-26/h3-10H,1-2H3,(H,23,27)(H,20,21,22). The molecule has 2 N–H and O–H groups in total. The molecular formula is C18H16N8OS. The number of aromatic nitrogens is 6. The van der Waals surface area contributed by atoms with E-state index >= 15 is 0 Å². The number of carbonyl (C=O) groups excluding carboxylic acids is 1. The van der Waals surface area contributed by atoms with Crippen LogP contribution in [0.4, 0.5) is 17.2 Å². The second-order valence-electron chi connectivity index (χ2n) is 5.95. The van der Waals surface area contributed by atoms with Gasteiger partial charge >= 0.3 is 0 Å². The molecule has 4 rings (SSSR count). The predicted molar refractivity (Wildman–Crippen MR) is 106 cm³/mol. The van der Waals surface area contributed by atoms with Gasteiger partial charge in [0, 0.05) is 29.8 Å². The molecule has 0 aliphatic carbocycles. The lowest BCUT2D eigenvalue weighted by Crippen LogP contribution is -2.11. The largest absolute Gasteiger partial charge is 0.340 e. The third kappa shape index (κ3) is 3.86. The second kappa shape index (κ2) is 7.53. The van der Waals surface area contributed by atoms with E-state index in [-0.39, 0.29) is 5.91 Å². The van der Waals surface area contributed by atoms with Gasteiger partial charge in [0.2, 0.25) is 0 Å². The Kier molecular flexibility index (Phi) is 4.77. The molecule has 3 heterocycles. The fourth-order valence-electron chi connectivity index (χ4n) is 2.55. The van der Waals surface area contributed by atoms with Crippen LogP contribution in [0.2, 0.25) is 0 Å². The first-order valence-corrected chi connectivity index (χ1v) is 9.19. The fourth-order valence-corrected chi connectivity index (χ4v) is 3.10. The molecule has 0 aliphatic heterocycles. The monoisotopic (exact) mass is 392 g/mol. The number of carbonyl (C=O) groups is 1. The Hall–Kier alpha value is -3.66. The maximum atomic E-state index is 12.2. The van der Waals surface area contributed by atoms with Crippen LogP contribution in [0.15, 0.2) is 48.8 Å². The maximum absolute atomic E-state index is 12.2. The van der Waals surface area contributed by atoms with Gasteiger partial charge in [-0.05, 0) is 55.7 Å². The van der Waals surface area contributed by atoms with Crippen LogP contribution in [0.25, 0.3) is 5.82 Å². The SMILES string of the molecule is Cc1nc(Nc2ccc(NC(=O)c3snnc3C)cc2)cc(-n2cccn2)n1. The van der Waals surface area contributed by atoms with Crippen molar-refractivity contribution in [3.63, 3.8) is 0 Å². The normalized spacial score (nSPS) is 10.6. The van der Waals surface area contributed by atoms with Crippen molar-refractivity contribution in [3.8, 4) is 5.82 Å². The number of benzene rings is 1. The highest BCUT2D eigenvalue weighted by atomic mass is 32.1. The highest BCUT2D eigenvalue weighted by Crippen LogP contribution is 2.20. The van der Waals surface area contributed by atoms with E-state index in [1.165, 1.54) is 0 Å². The van der Waals surface area contributed by atoms with Gasteiger partial charge < -0.3 is 10.6 Å². The van der Waals surface area contributed by atoms with Crippen LogP contribution in [0.5, 0.6) is 0 Å². The molecule has 28 heavy (non-hydrogen) atoms. The van der Waals surface area contributed by atoms with Crippen molar-refractivity contribution in [1.82, 2.24) is 29.3 Å². The summed E-state index contributed by atoms with van der Waals surface area (Å²) in [6.45, 7) is 3.58. The van der Waals surface area contributed by atoms with Crippen molar-refractivity contribution in [2.24, 2.45) is 0 Å². The Morgan fingerprint density at radius 1 is 1.11 bits per heavy atom. The van der Waals surface area contributed by atoms with Crippen LogP contribution < -0.4 is 10.6 Å². The van der Waals surface area contributed by atoms with Gasteiger partial charge in [-0.1, -0.05) is 4.49 Å². The van der Waals surface area contributed by atoms with Crippen molar-refractivity contribution in [2.75, 3.05) is 10.6 Å². The number of nitrogens with zero attached hydrogens (tertiary/aromatic N) is 6. The molecule has 1 aromatic carbocycles. The molecule has 140 valence electrons. The molecule has 3 aromatic heterocycles. The van der Waals surface area contributed by atoms with Crippen LogP contribution in [0, 0.1) is 13.8 Å². The summed E-state index contributed by atoms with van der Waals surface area (Å²) in [5.41, 5.74) is 2.13. The Morgan fingerprint density at radius 2 is 1.89 bits per heavy atom. The molecule has 0 bridgehead atoms. The third-order valence-electron chi connectivity index (χ3n) is 3.84. The summed E-state index contributed by atoms with van der Waals surface area (Å²) in [5, 5.41) is 14.1. The molecule has 0 aliphatic rings. The fraction of sp³-hybridized carbons (Fsp3) is 0.111. The third-order valence-corrected chi connectivity index (χ3v) is 4.66. The van der Waals surface area contributed by atoms with Gasteiger partial charge in [-0.3, -0.25) is 4.79 Å². The Bertz CT molecular complexity index is 1110. The minimum atomic E-state index is -0.219. The number of anilines is 3. The van der Waals surface area contributed by atoms with Crippen molar-refractivity contribution in [2.45, 2.75) is 13.8 Å². The smallest absolute Gasteiger partial charge is 0.269 e. The number of nitrogens with one attached hydrogen (secondary N) is 2. The van der Waals surface area contributed by atoms with Crippen molar-refractivity contribution >= 4 is 34.6 Å². The van der Waals surface area contributed by atoms with Gasteiger partial charge in [0.05, 0.1) is 5.69 Å². The summed E-state index contributed by atoms with van der Waals surface area (Å²) in [7, 11) is 0. The summed E-state index contributed by atoms with van der Waals surface area (Å²) >= 11 is 1.08. The van der Waals surface area contributed by atoms with E-state index in [1.807, 2.05) is 49.5 Å². The average molecular weight is 392 g/mol.